The molecule has 0 aliphatic heterocycles. The summed E-state index contributed by atoms with van der Waals surface area (Å²) in [5.41, 5.74) is 2.77. The van der Waals surface area contributed by atoms with Crippen molar-refractivity contribution in [3.05, 3.63) is 52.2 Å². The second kappa shape index (κ2) is 5.42. The van der Waals surface area contributed by atoms with Crippen molar-refractivity contribution in [3.63, 3.8) is 0 Å². The molecule has 0 aliphatic rings. The predicted octanol–water partition coefficient (Wildman–Crippen LogP) is 3.46. The minimum Gasteiger partial charge on any atom is -0.263 e. The summed E-state index contributed by atoms with van der Waals surface area (Å²) in [5.74, 6) is 0.243. The fraction of sp³-hybridized carbons (Fsp3) is 0.214. The number of benzene rings is 1. The molecule has 1 aromatic heterocycles. The summed E-state index contributed by atoms with van der Waals surface area (Å²) in [4.78, 5) is 4.20. The third-order valence-electron chi connectivity index (χ3n) is 3.26. The molecule has 0 radical (unpaired) electrons. The van der Waals surface area contributed by atoms with Gasteiger partial charge in [0.25, 0.3) is 10.0 Å². The van der Waals surface area contributed by atoms with Crippen LogP contribution in [0, 0.1) is 20.8 Å². The normalized spacial score (nSPS) is 11.4. The van der Waals surface area contributed by atoms with Crippen LogP contribution in [-0.4, -0.2) is 13.4 Å². The van der Waals surface area contributed by atoms with Crippen molar-refractivity contribution in [2.45, 2.75) is 25.7 Å². The molecule has 0 fully saturated rings. The number of aryl methyl sites for hydroxylation is 1. The Morgan fingerprint density at radius 3 is 2.35 bits per heavy atom. The van der Waals surface area contributed by atoms with Gasteiger partial charge in [-0.1, -0.05) is 17.7 Å². The molecule has 0 saturated heterocycles. The van der Waals surface area contributed by atoms with E-state index in [-0.39, 0.29) is 10.7 Å². The highest BCUT2D eigenvalue weighted by atomic mass is 35.5. The zero-order valence-electron chi connectivity index (χ0n) is 11.4. The minimum atomic E-state index is -3.65. The van der Waals surface area contributed by atoms with Gasteiger partial charge in [-0.25, -0.2) is 13.4 Å². The number of nitrogens with one attached hydrogen (secondary N) is 1. The summed E-state index contributed by atoms with van der Waals surface area (Å²) >= 11 is 5.72. The third-order valence-corrected chi connectivity index (χ3v) is 4.99. The van der Waals surface area contributed by atoms with Gasteiger partial charge in [0.1, 0.15) is 5.82 Å². The molecule has 0 unspecified atom stereocenters. The number of anilines is 1. The summed E-state index contributed by atoms with van der Waals surface area (Å²) in [5, 5.41) is 0.454. The van der Waals surface area contributed by atoms with E-state index in [2.05, 4.69) is 9.71 Å². The van der Waals surface area contributed by atoms with Crippen LogP contribution in [0.15, 0.2) is 35.4 Å². The van der Waals surface area contributed by atoms with Gasteiger partial charge in [0.05, 0.1) is 9.92 Å². The van der Waals surface area contributed by atoms with Crippen LogP contribution in [0.4, 0.5) is 5.82 Å². The summed E-state index contributed by atoms with van der Waals surface area (Å²) in [6, 6.07) is 6.51. The maximum absolute atomic E-state index is 12.4. The quantitative estimate of drug-likeness (QED) is 0.944. The van der Waals surface area contributed by atoms with Crippen LogP contribution >= 0.6 is 11.6 Å². The molecule has 2 rings (SSSR count). The first kappa shape index (κ1) is 14.8. The van der Waals surface area contributed by atoms with Crippen molar-refractivity contribution in [2.24, 2.45) is 0 Å². The number of pyridine rings is 1. The lowest BCUT2D eigenvalue weighted by atomic mass is 10.1. The summed E-state index contributed by atoms with van der Waals surface area (Å²) in [6.45, 7) is 5.66. The monoisotopic (exact) mass is 310 g/mol. The fourth-order valence-corrected chi connectivity index (χ4v) is 3.27. The number of sulfonamides is 1. The lowest BCUT2D eigenvalue weighted by Crippen LogP contribution is -2.15. The van der Waals surface area contributed by atoms with Crippen LogP contribution in [0.25, 0.3) is 0 Å². The van der Waals surface area contributed by atoms with E-state index < -0.39 is 10.0 Å². The maximum atomic E-state index is 12.4. The van der Waals surface area contributed by atoms with Crippen LogP contribution in [0.5, 0.6) is 0 Å². The van der Waals surface area contributed by atoms with Gasteiger partial charge in [0.15, 0.2) is 0 Å². The fourth-order valence-electron chi connectivity index (χ4n) is 1.85. The standard InChI is InChI=1S/C14H15ClN2O2S/c1-9-4-6-13(11(3)10(9)2)20(18,19)17-14-7-5-12(15)8-16-14/h4-8H,1-3H3,(H,16,17). The average molecular weight is 311 g/mol. The molecule has 1 heterocycles. The second-order valence-electron chi connectivity index (χ2n) is 4.60. The molecule has 0 amide bonds. The maximum Gasteiger partial charge on any atom is 0.263 e. The first-order valence-electron chi connectivity index (χ1n) is 6.02. The minimum absolute atomic E-state index is 0.243. The molecule has 0 aliphatic carbocycles. The smallest absolute Gasteiger partial charge is 0.263 e. The Morgan fingerprint density at radius 2 is 1.75 bits per heavy atom. The molecule has 1 N–H and O–H groups in total. The van der Waals surface area contributed by atoms with Gasteiger partial charge in [0.2, 0.25) is 0 Å². The Morgan fingerprint density at radius 1 is 1.05 bits per heavy atom. The molecule has 0 bridgehead atoms. The SMILES string of the molecule is Cc1ccc(S(=O)(=O)Nc2ccc(Cl)cn2)c(C)c1C. The zero-order valence-corrected chi connectivity index (χ0v) is 13.0. The van der Waals surface area contributed by atoms with Gasteiger partial charge in [-0.3, -0.25) is 4.72 Å². The van der Waals surface area contributed by atoms with Crippen molar-refractivity contribution >= 4 is 27.4 Å². The molecule has 20 heavy (non-hydrogen) atoms. The molecule has 4 nitrogen and oxygen atoms in total. The third kappa shape index (κ3) is 2.94. The van der Waals surface area contributed by atoms with Gasteiger partial charge in [0, 0.05) is 6.20 Å². The van der Waals surface area contributed by atoms with Gasteiger partial charge < -0.3 is 0 Å². The van der Waals surface area contributed by atoms with E-state index in [9.17, 15) is 8.42 Å². The Hall–Kier alpha value is -1.59. The molecule has 106 valence electrons. The van der Waals surface area contributed by atoms with Gasteiger partial charge in [-0.2, -0.15) is 0 Å². The molecule has 6 heteroatoms. The number of halogens is 1. The van der Waals surface area contributed by atoms with Crippen LogP contribution in [-0.2, 0) is 10.0 Å². The number of nitrogens with zero attached hydrogens (tertiary/aromatic N) is 1. The molecular weight excluding hydrogens is 296 g/mol. The van der Waals surface area contributed by atoms with Crippen LogP contribution in [0.1, 0.15) is 16.7 Å². The summed E-state index contributed by atoms with van der Waals surface area (Å²) in [6.07, 6.45) is 1.40. The van der Waals surface area contributed by atoms with Crippen LogP contribution in [0.2, 0.25) is 5.02 Å². The lowest BCUT2D eigenvalue weighted by molar-refractivity contribution is 0.600. The predicted molar refractivity (Wildman–Crippen MR) is 80.7 cm³/mol. The molecule has 0 saturated carbocycles. The number of hydrogen-bond donors (Lipinski definition) is 1. The molecule has 2 aromatic rings. The van der Waals surface area contributed by atoms with Gasteiger partial charge in [-0.05, 0) is 55.7 Å². The average Bonchev–Trinajstić information content (AvgIpc) is 2.38. The van der Waals surface area contributed by atoms with Crippen molar-refractivity contribution < 1.29 is 8.42 Å². The molecule has 1 aromatic carbocycles. The number of aromatic nitrogens is 1. The van der Waals surface area contributed by atoms with Crippen molar-refractivity contribution in [3.8, 4) is 0 Å². The molecule has 0 atom stereocenters. The summed E-state index contributed by atoms with van der Waals surface area (Å²) < 4.78 is 27.2. The van der Waals surface area contributed by atoms with Crippen molar-refractivity contribution in [2.75, 3.05) is 4.72 Å². The number of hydrogen-bond acceptors (Lipinski definition) is 3. The van der Waals surface area contributed by atoms with E-state index in [1.165, 1.54) is 12.3 Å². The van der Waals surface area contributed by atoms with Crippen molar-refractivity contribution in [1.82, 2.24) is 4.98 Å². The van der Waals surface area contributed by atoms with E-state index in [0.717, 1.165) is 16.7 Å². The topological polar surface area (TPSA) is 59.1 Å². The molecule has 0 spiro atoms. The Labute approximate surface area is 123 Å². The highest BCUT2D eigenvalue weighted by Crippen LogP contribution is 2.23. The Kier molecular flexibility index (Phi) is 4.01. The van der Waals surface area contributed by atoms with E-state index in [0.29, 0.717) is 5.02 Å². The highest BCUT2D eigenvalue weighted by Gasteiger charge is 2.19. The van der Waals surface area contributed by atoms with Crippen LogP contribution < -0.4 is 4.72 Å². The Balaban J connectivity index is 2.41. The number of rotatable bonds is 3. The Bertz CT molecular complexity index is 741. The van der Waals surface area contributed by atoms with E-state index in [1.807, 2.05) is 13.8 Å². The zero-order chi connectivity index (χ0) is 14.9. The van der Waals surface area contributed by atoms with E-state index >= 15 is 0 Å². The summed E-state index contributed by atoms with van der Waals surface area (Å²) in [7, 11) is -3.65. The van der Waals surface area contributed by atoms with Crippen molar-refractivity contribution in [1.29, 1.82) is 0 Å². The lowest BCUT2D eigenvalue weighted by Gasteiger charge is -2.13. The highest BCUT2D eigenvalue weighted by molar-refractivity contribution is 7.92. The van der Waals surface area contributed by atoms with E-state index in [1.54, 1.807) is 25.1 Å². The van der Waals surface area contributed by atoms with Gasteiger partial charge >= 0.3 is 0 Å². The molecular formula is C14H15ClN2O2S. The van der Waals surface area contributed by atoms with E-state index in [4.69, 9.17) is 11.6 Å². The largest absolute Gasteiger partial charge is 0.263 e. The first-order chi connectivity index (χ1) is 9.31. The van der Waals surface area contributed by atoms with Gasteiger partial charge in [-0.15, -0.1) is 0 Å². The second-order valence-corrected chi connectivity index (χ2v) is 6.69. The van der Waals surface area contributed by atoms with Crippen LogP contribution in [0.3, 0.4) is 0 Å². The first-order valence-corrected chi connectivity index (χ1v) is 7.88.